The minimum Gasteiger partial charge on any atom is -0.342 e. The van der Waals surface area contributed by atoms with Gasteiger partial charge in [0.2, 0.25) is 6.41 Å². The van der Waals surface area contributed by atoms with Gasteiger partial charge in [-0.25, -0.2) is 0 Å². The highest BCUT2D eigenvalue weighted by Gasteiger charge is 2.30. The molecule has 0 radical (unpaired) electrons. The second-order valence-electron chi connectivity index (χ2n) is 6.84. The summed E-state index contributed by atoms with van der Waals surface area (Å²) in [5.41, 5.74) is 1.17. The molecular weight excluding hydrogens is 344 g/mol. The van der Waals surface area contributed by atoms with Crippen molar-refractivity contribution in [2.24, 2.45) is 0 Å². The standard InChI is InChI=1S/C20H26N4O3/c25-17-22-11-15-24(16-12-22)20(27)19(26)23-13-9-21(10-14-23)8-4-7-18-5-2-1-3-6-18/h1-7,17H,8-16H2/b7-4+. The van der Waals surface area contributed by atoms with Gasteiger partial charge >= 0.3 is 11.8 Å². The Balaban J connectivity index is 1.42. The number of piperazine rings is 2. The molecule has 0 aromatic heterocycles. The molecule has 7 nitrogen and oxygen atoms in total. The van der Waals surface area contributed by atoms with Crippen molar-refractivity contribution in [1.82, 2.24) is 19.6 Å². The second kappa shape index (κ2) is 9.32. The first-order chi connectivity index (χ1) is 13.2. The molecule has 1 aromatic rings. The number of benzene rings is 1. The van der Waals surface area contributed by atoms with Crippen molar-refractivity contribution in [2.45, 2.75) is 0 Å². The van der Waals surface area contributed by atoms with E-state index >= 15 is 0 Å². The van der Waals surface area contributed by atoms with Crippen molar-refractivity contribution < 1.29 is 14.4 Å². The van der Waals surface area contributed by atoms with Crippen molar-refractivity contribution in [3.05, 3.63) is 42.0 Å². The molecule has 0 atom stereocenters. The first-order valence-electron chi connectivity index (χ1n) is 9.39. The maximum atomic E-state index is 12.5. The van der Waals surface area contributed by atoms with Crippen LogP contribution in [0.4, 0.5) is 0 Å². The number of rotatable bonds is 4. The minimum atomic E-state index is -0.446. The van der Waals surface area contributed by atoms with E-state index < -0.39 is 11.8 Å². The Morgan fingerprint density at radius 1 is 0.815 bits per heavy atom. The molecule has 0 unspecified atom stereocenters. The smallest absolute Gasteiger partial charge is 0.312 e. The molecule has 2 heterocycles. The largest absolute Gasteiger partial charge is 0.342 e. The SMILES string of the molecule is O=CN1CCN(C(=O)C(=O)N2CCN(C/C=C/c3ccccc3)CC2)CC1. The van der Waals surface area contributed by atoms with Gasteiger partial charge in [0, 0.05) is 58.9 Å². The molecule has 3 rings (SSSR count). The topological polar surface area (TPSA) is 64.2 Å². The van der Waals surface area contributed by atoms with Gasteiger partial charge < -0.3 is 14.7 Å². The predicted octanol–water partition coefficient (Wildman–Crippen LogP) is 0.145. The molecule has 2 fully saturated rings. The fourth-order valence-electron chi connectivity index (χ4n) is 3.34. The second-order valence-corrected chi connectivity index (χ2v) is 6.84. The van der Waals surface area contributed by atoms with Crippen LogP contribution in [-0.2, 0) is 14.4 Å². The minimum absolute atomic E-state index is 0.422. The van der Waals surface area contributed by atoms with Crippen LogP contribution in [0.25, 0.3) is 6.08 Å². The van der Waals surface area contributed by atoms with E-state index in [-0.39, 0.29) is 0 Å². The first-order valence-corrected chi connectivity index (χ1v) is 9.39. The number of amides is 3. The van der Waals surface area contributed by atoms with Gasteiger partial charge in [-0.2, -0.15) is 0 Å². The van der Waals surface area contributed by atoms with Crippen LogP contribution >= 0.6 is 0 Å². The van der Waals surface area contributed by atoms with Crippen LogP contribution in [-0.4, -0.2) is 96.7 Å². The van der Waals surface area contributed by atoms with Crippen LogP contribution in [0.2, 0.25) is 0 Å². The van der Waals surface area contributed by atoms with Crippen LogP contribution in [0.3, 0.4) is 0 Å². The number of nitrogens with zero attached hydrogens (tertiary/aromatic N) is 4. The molecule has 144 valence electrons. The van der Waals surface area contributed by atoms with E-state index in [1.54, 1.807) is 14.7 Å². The number of carbonyl (C=O) groups is 3. The molecule has 27 heavy (non-hydrogen) atoms. The predicted molar refractivity (Wildman–Crippen MR) is 103 cm³/mol. The summed E-state index contributed by atoms with van der Waals surface area (Å²) in [4.78, 5) is 42.7. The third-order valence-electron chi connectivity index (χ3n) is 5.07. The molecule has 0 N–H and O–H groups in total. The Kier molecular flexibility index (Phi) is 6.59. The molecular formula is C20H26N4O3. The lowest BCUT2D eigenvalue weighted by Crippen LogP contribution is -2.56. The summed E-state index contributed by atoms with van der Waals surface area (Å²) in [5.74, 6) is -0.869. The monoisotopic (exact) mass is 370 g/mol. The summed E-state index contributed by atoms with van der Waals surface area (Å²) in [6, 6.07) is 10.2. The maximum Gasteiger partial charge on any atom is 0.312 e. The highest BCUT2D eigenvalue weighted by Crippen LogP contribution is 2.07. The van der Waals surface area contributed by atoms with Crippen molar-refractivity contribution in [2.75, 3.05) is 58.9 Å². The molecule has 0 aliphatic carbocycles. The van der Waals surface area contributed by atoms with E-state index in [2.05, 4.69) is 29.2 Å². The molecule has 0 bridgehead atoms. The zero-order valence-electron chi connectivity index (χ0n) is 15.5. The first kappa shape index (κ1) is 19.1. The van der Waals surface area contributed by atoms with Gasteiger partial charge in [-0.3, -0.25) is 19.3 Å². The summed E-state index contributed by atoms with van der Waals surface area (Å²) >= 11 is 0. The zero-order valence-corrected chi connectivity index (χ0v) is 15.5. The lowest BCUT2D eigenvalue weighted by Gasteiger charge is -2.36. The van der Waals surface area contributed by atoms with Crippen LogP contribution in [0, 0.1) is 0 Å². The number of hydrogen-bond donors (Lipinski definition) is 0. The summed E-state index contributed by atoms with van der Waals surface area (Å²) < 4.78 is 0. The molecule has 2 aliphatic heterocycles. The van der Waals surface area contributed by atoms with Crippen LogP contribution in [0.5, 0.6) is 0 Å². The van der Waals surface area contributed by atoms with Gasteiger partial charge in [0.1, 0.15) is 0 Å². The molecule has 0 saturated carbocycles. The van der Waals surface area contributed by atoms with Gasteiger partial charge in [0.05, 0.1) is 0 Å². The van der Waals surface area contributed by atoms with Crippen LogP contribution in [0.1, 0.15) is 5.56 Å². The molecule has 2 aliphatic rings. The lowest BCUT2D eigenvalue weighted by molar-refractivity contribution is -0.154. The van der Waals surface area contributed by atoms with Gasteiger partial charge in [0.25, 0.3) is 0 Å². The van der Waals surface area contributed by atoms with Crippen molar-refractivity contribution in [1.29, 1.82) is 0 Å². The van der Waals surface area contributed by atoms with E-state index in [0.717, 1.165) is 26.0 Å². The van der Waals surface area contributed by atoms with Crippen LogP contribution in [0.15, 0.2) is 36.4 Å². The zero-order chi connectivity index (χ0) is 19.1. The number of carbonyl (C=O) groups excluding carboxylic acids is 3. The van der Waals surface area contributed by atoms with E-state index in [1.807, 2.05) is 18.2 Å². The Labute approximate surface area is 159 Å². The average molecular weight is 370 g/mol. The number of hydrogen-bond acceptors (Lipinski definition) is 4. The maximum absolute atomic E-state index is 12.5. The Bertz CT molecular complexity index is 676. The Hall–Kier alpha value is -2.67. The third kappa shape index (κ3) is 5.17. The van der Waals surface area contributed by atoms with E-state index in [1.165, 1.54) is 5.56 Å². The summed E-state index contributed by atoms with van der Waals surface area (Å²) in [6.45, 7) is 5.32. The Morgan fingerprint density at radius 3 is 1.93 bits per heavy atom. The molecule has 3 amide bonds. The fraction of sp³-hybridized carbons (Fsp3) is 0.450. The van der Waals surface area contributed by atoms with Gasteiger partial charge in [-0.1, -0.05) is 42.5 Å². The summed E-state index contributed by atoms with van der Waals surface area (Å²) in [7, 11) is 0. The van der Waals surface area contributed by atoms with Gasteiger partial charge in [-0.05, 0) is 5.56 Å². The van der Waals surface area contributed by atoms with Gasteiger partial charge in [0.15, 0.2) is 0 Å². The molecule has 0 spiro atoms. The van der Waals surface area contributed by atoms with Gasteiger partial charge in [-0.15, -0.1) is 0 Å². The fourth-order valence-corrected chi connectivity index (χ4v) is 3.34. The van der Waals surface area contributed by atoms with E-state index in [4.69, 9.17) is 0 Å². The normalized spacial score (nSPS) is 18.7. The lowest BCUT2D eigenvalue weighted by atomic mass is 10.2. The summed E-state index contributed by atoms with van der Waals surface area (Å²) in [5, 5.41) is 0. The van der Waals surface area contributed by atoms with Crippen LogP contribution < -0.4 is 0 Å². The average Bonchev–Trinajstić information content (AvgIpc) is 2.74. The van der Waals surface area contributed by atoms with E-state index in [0.29, 0.717) is 39.3 Å². The molecule has 2 saturated heterocycles. The third-order valence-corrected chi connectivity index (χ3v) is 5.07. The van der Waals surface area contributed by atoms with Crippen molar-refractivity contribution in [3.8, 4) is 0 Å². The highest BCUT2D eigenvalue weighted by atomic mass is 16.2. The highest BCUT2D eigenvalue weighted by molar-refractivity contribution is 6.34. The molecule has 7 heteroatoms. The van der Waals surface area contributed by atoms with Crippen molar-refractivity contribution >= 4 is 24.3 Å². The quantitative estimate of drug-likeness (QED) is 0.559. The van der Waals surface area contributed by atoms with Crippen molar-refractivity contribution in [3.63, 3.8) is 0 Å². The van der Waals surface area contributed by atoms with E-state index in [9.17, 15) is 14.4 Å². The molecule has 1 aromatic carbocycles. The summed E-state index contributed by atoms with van der Waals surface area (Å²) in [6.07, 6.45) is 5.01. The Morgan fingerprint density at radius 2 is 1.37 bits per heavy atom.